The molecule has 1 unspecified atom stereocenters. The standard InChI is InChI=1S/C16H25N5O2/c22-16(20-9-11-23-12-10-20)5-7-17-13-14-3-2-8-21(14)15-4-1-6-18-19-15/h1,4,6,14,17H,2-3,5,7-13H2. The fraction of sp³-hybridized carbons (Fsp3) is 0.688. The van der Waals surface area contributed by atoms with Gasteiger partial charge in [0.15, 0.2) is 5.82 Å². The number of nitrogens with zero attached hydrogens (tertiary/aromatic N) is 4. The Labute approximate surface area is 137 Å². The largest absolute Gasteiger partial charge is 0.378 e. The zero-order valence-electron chi connectivity index (χ0n) is 13.5. The normalized spacial score (nSPS) is 21.7. The quantitative estimate of drug-likeness (QED) is 0.760. The molecule has 0 aromatic carbocycles. The van der Waals surface area contributed by atoms with Gasteiger partial charge in [0.25, 0.3) is 0 Å². The first-order valence-electron chi connectivity index (χ1n) is 8.45. The van der Waals surface area contributed by atoms with E-state index < -0.39 is 0 Å². The van der Waals surface area contributed by atoms with Crippen LogP contribution in [0, 0.1) is 0 Å². The molecule has 3 heterocycles. The third-order valence-corrected chi connectivity index (χ3v) is 4.49. The van der Waals surface area contributed by atoms with Gasteiger partial charge in [-0.05, 0) is 25.0 Å². The zero-order chi connectivity index (χ0) is 15.9. The Morgan fingerprint density at radius 3 is 3.00 bits per heavy atom. The molecule has 1 N–H and O–H groups in total. The second-order valence-electron chi connectivity index (χ2n) is 6.02. The first-order valence-corrected chi connectivity index (χ1v) is 8.45. The summed E-state index contributed by atoms with van der Waals surface area (Å²) < 4.78 is 5.27. The summed E-state index contributed by atoms with van der Waals surface area (Å²) in [5.41, 5.74) is 0. The van der Waals surface area contributed by atoms with Crippen molar-refractivity contribution in [3.05, 3.63) is 18.3 Å². The van der Waals surface area contributed by atoms with Gasteiger partial charge in [0.2, 0.25) is 5.91 Å². The van der Waals surface area contributed by atoms with Crippen molar-refractivity contribution >= 4 is 11.7 Å². The lowest BCUT2D eigenvalue weighted by molar-refractivity contribution is -0.135. The Kier molecular flexibility index (Phi) is 5.76. The van der Waals surface area contributed by atoms with Crippen molar-refractivity contribution in [1.29, 1.82) is 0 Å². The highest BCUT2D eigenvalue weighted by atomic mass is 16.5. The number of morpholine rings is 1. The lowest BCUT2D eigenvalue weighted by atomic mass is 10.2. The molecule has 2 aliphatic heterocycles. The van der Waals surface area contributed by atoms with Crippen molar-refractivity contribution in [2.24, 2.45) is 0 Å². The average Bonchev–Trinajstić information content (AvgIpc) is 3.08. The van der Waals surface area contributed by atoms with Gasteiger partial charge in [-0.3, -0.25) is 4.79 Å². The summed E-state index contributed by atoms with van der Waals surface area (Å²) in [7, 11) is 0. The minimum atomic E-state index is 0.220. The number of nitrogens with one attached hydrogen (secondary N) is 1. The Morgan fingerprint density at radius 2 is 2.22 bits per heavy atom. The van der Waals surface area contributed by atoms with E-state index in [2.05, 4.69) is 20.4 Å². The van der Waals surface area contributed by atoms with Gasteiger partial charge in [-0.2, -0.15) is 5.10 Å². The minimum absolute atomic E-state index is 0.220. The van der Waals surface area contributed by atoms with Crippen LogP contribution in [0.4, 0.5) is 5.82 Å². The lowest BCUT2D eigenvalue weighted by Crippen LogP contribution is -2.43. The van der Waals surface area contributed by atoms with Crippen LogP contribution in [0.3, 0.4) is 0 Å². The first-order chi connectivity index (χ1) is 11.3. The number of anilines is 1. The van der Waals surface area contributed by atoms with E-state index in [0.717, 1.165) is 45.0 Å². The summed E-state index contributed by atoms with van der Waals surface area (Å²) in [6.45, 7) is 5.40. The topological polar surface area (TPSA) is 70.6 Å². The molecule has 1 aromatic rings. The van der Waals surface area contributed by atoms with Crippen molar-refractivity contribution in [3.8, 4) is 0 Å². The highest BCUT2D eigenvalue weighted by molar-refractivity contribution is 5.76. The van der Waals surface area contributed by atoms with Crippen molar-refractivity contribution in [1.82, 2.24) is 20.4 Å². The van der Waals surface area contributed by atoms with Crippen LogP contribution in [0.2, 0.25) is 0 Å². The molecule has 3 rings (SSSR count). The SMILES string of the molecule is O=C(CCNCC1CCCN1c1cccnn1)N1CCOCC1. The van der Waals surface area contributed by atoms with Crippen molar-refractivity contribution in [2.45, 2.75) is 25.3 Å². The molecule has 23 heavy (non-hydrogen) atoms. The maximum absolute atomic E-state index is 12.1. The summed E-state index contributed by atoms with van der Waals surface area (Å²) in [4.78, 5) is 16.3. The lowest BCUT2D eigenvalue weighted by Gasteiger charge is -2.27. The molecule has 0 radical (unpaired) electrons. The van der Waals surface area contributed by atoms with Gasteiger partial charge in [-0.15, -0.1) is 5.10 Å². The van der Waals surface area contributed by atoms with E-state index in [1.54, 1.807) is 6.20 Å². The summed E-state index contributed by atoms with van der Waals surface area (Å²) in [6.07, 6.45) is 4.58. The highest BCUT2D eigenvalue weighted by Gasteiger charge is 2.25. The van der Waals surface area contributed by atoms with Gasteiger partial charge in [-0.1, -0.05) is 0 Å². The highest BCUT2D eigenvalue weighted by Crippen LogP contribution is 2.22. The van der Waals surface area contributed by atoms with E-state index >= 15 is 0 Å². The third kappa shape index (κ3) is 4.39. The molecule has 2 aliphatic rings. The molecule has 1 aromatic heterocycles. The molecule has 7 heteroatoms. The molecule has 1 amide bonds. The molecule has 7 nitrogen and oxygen atoms in total. The average molecular weight is 319 g/mol. The van der Waals surface area contributed by atoms with Crippen molar-refractivity contribution in [2.75, 3.05) is 50.8 Å². The van der Waals surface area contributed by atoms with E-state index in [1.807, 2.05) is 17.0 Å². The van der Waals surface area contributed by atoms with Gasteiger partial charge in [0.05, 0.1) is 13.2 Å². The number of carbonyl (C=O) groups is 1. The van der Waals surface area contributed by atoms with E-state index in [1.165, 1.54) is 6.42 Å². The van der Waals surface area contributed by atoms with Gasteiger partial charge in [0, 0.05) is 51.4 Å². The van der Waals surface area contributed by atoms with Crippen LogP contribution in [0.5, 0.6) is 0 Å². The summed E-state index contributed by atoms with van der Waals surface area (Å²) >= 11 is 0. The summed E-state index contributed by atoms with van der Waals surface area (Å²) in [6, 6.07) is 4.37. The number of aromatic nitrogens is 2. The van der Waals surface area contributed by atoms with Crippen LogP contribution in [0.15, 0.2) is 18.3 Å². The molecule has 0 saturated carbocycles. The number of ether oxygens (including phenoxy) is 1. The number of hydrogen-bond donors (Lipinski definition) is 1. The maximum atomic E-state index is 12.1. The van der Waals surface area contributed by atoms with Crippen molar-refractivity contribution < 1.29 is 9.53 Å². The Morgan fingerprint density at radius 1 is 1.35 bits per heavy atom. The van der Waals surface area contributed by atoms with E-state index in [0.29, 0.717) is 25.7 Å². The van der Waals surface area contributed by atoms with Crippen LogP contribution in [0.1, 0.15) is 19.3 Å². The van der Waals surface area contributed by atoms with E-state index in [9.17, 15) is 4.79 Å². The van der Waals surface area contributed by atoms with E-state index in [-0.39, 0.29) is 5.91 Å². The smallest absolute Gasteiger partial charge is 0.224 e. The van der Waals surface area contributed by atoms with Gasteiger partial charge in [-0.25, -0.2) is 0 Å². The molecule has 1 atom stereocenters. The van der Waals surface area contributed by atoms with Crippen LogP contribution in [-0.2, 0) is 9.53 Å². The van der Waals surface area contributed by atoms with E-state index in [4.69, 9.17) is 4.74 Å². The zero-order valence-corrected chi connectivity index (χ0v) is 13.5. The predicted octanol–water partition coefficient (Wildman–Crippen LogP) is 0.284. The predicted molar refractivity (Wildman–Crippen MR) is 87.3 cm³/mol. The number of amides is 1. The molecule has 0 spiro atoms. The molecule has 2 saturated heterocycles. The first kappa shape index (κ1) is 16.1. The van der Waals surface area contributed by atoms with Crippen LogP contribution < -0.4 is 10.2 Å². The number of rotatable bonds is 6. The molecule has 2 fully saturated rings. The van der Waals surface area contributed by atoms with Gasteiger partial charge in [0.1, 0.15) is 0 Å². The fourth-order valence-corrected chi connectivity index (χ4v) is 3.23. The maximum Gasteiger partial charge on any atom is 0.224 e. The Hall–Kier alpha value is -1.73. The molecule has 126 valence electrons. The molecule has 0 aliphatic carbocycles. The number of carbonyl (C=O) groups excluding carboxylic acids is 1. The fourth-order valence-electron chi connectivity index (χ4n) is 3.23. The minimum Gasteiger partial charge on any atom is -0.378 e. The Bertz CT molecular complexity index is 493. The summed E-state index contributed by atoms with van der Waals surface area (Å²) in [5, 5.41) is 11.6. The molecular formula is C16H25N5O2. The third-order valence-electron chi connectivity index (χ3n) is 4.49. The Balaban J connectivity index is 1.39. The molecular weight excluding hydrogens is 294 g/mol. The monoisotopic (exact) mass is 319 g/mol. The van der Waals surface area contributed by atoms with Gasteiger partial charge < -0.3 is 19.9 Å². The second-order valence-corrected chi connectivity index (χ2v) is 6.02. The number of hydrogen-bond acceptors (Lipinski definition) is 6. The van der Waals surface area contributed by atoms with Crippen LogP contribution in [-0.4, -0.2) is 73.0 Å². The van der Waals surface area contributed by atoms with Crippen LogP contribution in [0.25, 0.3) is 0 Å². The molecule has 0 bridgehead atoms. The summed E-state index contributed by atoms with van der Waals surface area (Å²) in [5.74, 6) is 1.17. The van der Waals surface area contributed by atoms with Crippen LogP contribution >= 0.6 is 0 Å². The second kappa shape index (κ2) is 8.21. The van der Waals surface area contributed by atoms with Crippen molar-refractivity contribution in [3.63, 3.8) is 0 Å². The van der Waals surface area contributed by atoms with Gasteiger partial charge >= 0.3 is 0 Å².